The van der Waals surface area contributed by atoms with Crippen molar-refractivity contribution in [3.05, 3.63) is 63.1 Å². The van der Waals surface area contributed by atoms with Crippen LogP contribution in [-0.2, 0) is 24.3 Å². The van der Waals surface area contributed by atoms with Gasteiger partial charge in [-0.3, -0.25) is 14.5 Å². The lowest BCUT2D eigenvalue weighted by Gasteiger charge is -2.33. The summed E-state index contributed by atoms with van der Waals surface area (Å²) in [6.07, 6.45) is 3.88. The number of H-pyrrole nitrogens is 1. The van der Waals surface area contributed by atoms with E-state index in [1.807, 2.05) is 19.1 Å². The fourth-order valence-electron chi connectivity index (χ4n) is 4.51. The first-order valence-electron chi connectivity index (χ1n) is 10.9. The van der Waals surface area contributed by atoms with Crippen LogP contribution >= 0.6 is 0 Å². The number of nitrogens with zero attached hydrogens (tertiary/aromatic N) is 3. The highest BCUT2D eigenvalue weighted by molar-refractivity contribution is 5.76. The zero-order valence-electron chi connectivity index (χ0n) is 17.5. The summed E-state index contributed by atoms with van der Waals surface area (Å²) in [6, 6.07) is 6.88. The molecule has 1 atom stereocenters. The van der Waals surface area contributed by atoms with E-state index in [-0.39, 0.29) is 23.2 Å². The molecule has 2 aliphatic heterocycles. The SMILES string of the molecule is CCCC(=O)N1CCc2nc(C3CCCN(Cc4ccccc4F)C3)[nH]c(=O)c2C1. The number of hydrogen-bond donors (Lipinski definition) is 1. The van der Waals surface area contributed by atoms with E-state index >= 15 is 0 Å². The van der Waals surface area contributed by atoms with E-state index in [9.17, 15) is 14.0 Å². The van der Waals surface area contributed by atoms with Crippen molar-refractivity contribution in [3.8, 4) is 0 Å². The first-order chi connectivity index (χ1) is 14.5. The van der Waals surface area contributed by atoms with Crippen molar-refractivity contribution >= 4 is 5.91 Å². The van der Waals surface area contributed by atoms with Gasteiger partial charge < -0.3 is 9.88 Å². The lowest BCUT2D eigenvalue weighted by Crippen LogP contribution is -2.40. The number of piperidine rings is 1. The predicted molar refractivity (Wildman–Crippen MR) is 113 cm³/mol. The molecule has 0 saturated carbocycles. The second kappa shape index (κ2) is 9.08. The van der Waals surface area contributed by atoms with Crippen LogP contribution in [-0.4, -0.2) is 45.3 Å². The number of hydrogen-bond acceptors (Lipinski definition) is 4. The molecule has 1 aromatic heterocycles. The van der Waals surface area contributed by atoms with Gasteiger partial charge in [0.25, 0.3) is 5.56 Å². The number of rotatable bonds is 5. The van der Waals surface area contributed by atoms with E-state index in [1.165, 1.54) is 6.07 Å². The van der Waals surface area contributed by atoms with Gasteiger partial charge in [0.1, 0.15) is 11.6 Å². The summed E-state index contributed by atoms with van der Waals surface area (Å²) in [5, 5.41) is 0. The van der Waals surface area contributed by atoms with Crippen LogP contribution in [0.3, 0.4) is 0 Å². The van der Waals surface area contributed by atoms with E-state index in [0.29, 0.717) is 43.6 Å². The van der Waals surface area contributed by atoms with Crippen molar-refractivity contribution in [2.75, 3.05) is 19.6 Å². The number of halogens is 1. The van der Waals surface area contributed by atoms with E-state index in [2.05, 4.69) is 9.88 Å². The van der Waals surface area contributed by atoms with Crippen molar-refractivity contribution in [1.29, 1.82) is 0 Å². The molecule has 0 aliphatic carbocycles. The zero-order valence-corrected chi connectivity index (χ0v) is 17.5. The van der Waals surface area contributed by atoms with Gasteiger partial charge in [-0.05, 0) is 31.9 Å². The van der Waals surface area contributed by atoms with E-state index in [0.717, 1.165) is 43.9 Å². The maximum Gasteiger partial charge on any atom is 0.256 e. The van der Waals surface area contributed by atoms with Crippen molar-refractivity contribution in [3.63, 3.8) is 0 Å². The lowest BCUT2D eigenvalue weighted by molar-refractivity contribution is -0.132. The third kappa shape index (κ3) is 4.46. The molecule has 7 heteroatoms. The number of aromatic nitrogens is 2. The summed E-state index contributed by atoms with van der Waals surface area (Å²) in [7, 11) is 0. The fraction of sp³-hybridized carbons (Fsp3) is 0.522. The highest BCUT2D eigenvalue weighted by atomic mass is 19.1. The quantitative estimate of drug-likeness (QED) is 0.820. The Hall–Kier alpha value is -2.54. The molecule has 6 nitrogen and oxygen atoms in total. The first kappa shape index (κ1) is 20.7. The van der Waals surface area contributed by atoms with Gasteiger partial charge in [-0.15, -0.1) is 0 Å². The van der Waals surface area contributed by atoms with Gasteiger partial charge in [0, 0.05) is 44.0 Å². The molecule has 1 saturated heterocycles. The number of likely N-dealkylation sites (tertiary alicyclic amines) is 1. The largest absolute Gasteiger partial charge is 0.338 e. The molecule has 30 heavy (non-hydrogen) atoms. The van der Waals surface area contributed by atoms with E-state index < -0.39 is 0 Å². The van der Waals surface area contributed by atoms with Crippen LogP contribution in [0.15, 0.2) is 29.1 Å². The van der Waals surface area contributed by atoms with Crippen LogP contribution in [0.1, 0.15) is 61.2 Å². The van der Waals surface area contributed by atoms with E-state index in [4.69, 9.17) is 4.98 Å². The molecule has 0 radical (unpaired) electrons. The Morgan fingerprint density at radius 1 is 1.30 bits per heavy atom. The summed E-state index contributed by atoms with van der Waals surface area (Å²) in [5.41, 5.74) is 2.01. The number of amides is 1. The van der Waals surface area contributed by atoms with Crippen molar-refractivity contribution in [1.82, 2.24) is 19.8 Å². The Kier molecular flexibility index (Phi) is 6.27. The molecule has 160 valence electrons. The van der Waals surface area contributed by atoms with Gasteiger partial charge in [-0.25, -0.2) is 9.37 Å². The smallest absolute Gasteiger partial charge is 0.256 e. The van der Waals surface area contributed by atoms with Crippen LogP contribution < -0.4 is 5.56 Å². The van der Waals surface area contributed by atoms with Crippen molar-refractivity contribution in [2.24, 2.45) is 0 Å². The zero-order chi connectivity index (χ0) is 21.1. The summed E-state index contributed by atoms with van der Waals surface area (Å²) >= 11 is 0. The average molecular weight is 413 g/mol. The summed E-state index contributed by atoms with van der Waals surface area (Å²) in [5.74, 6) is 0.776. The van der Waals surface area contributed by atoms with Gasteiger partial charge in [-0.1, -0.05) is 25.1 Å². The number of benzene rings is 1. The maximum atomic E-state index is 14.0. The Morgan fingerprint density at radius 3 is 2.93 bits per heavy atom. The summed E-state index contributed by atoms with van der Waals surface area (Å²) in [4.78, 5) is 36.8. The first-order valence-corrected chi connectivity index (χ1v) is 10.9. The normalized spacial score (nSPS) is 19.5. The number of aromatic amines is 1. The Labute approximate surface area is 176 Å². The van der Waals surface area contributed by atoms with E-state index in [1.54, 1.807) is 11.0 Å². The van der Waals surface area contributed by atoms with Gasteiger partial charge in [0.2, 0.25) is 5.91 Å². The van der Waals surface area contributed by atoms with Crippen molar-refractivity contribution in [2.45, 2.75) is 58.0 Å². The summed E-state index contributed by atoms with van der Waals surface area (Å²) < 4.78 is 14.0. The molecule has 4 rings (SSSR count). The Balaban J connectivity index is 1.48. The minimum absolute atomic E-state index is 0.0997. The second-order valence-corrected chi connectivity index (χ2v) is 8.36. The standard InChI is InChI=1S/C23H29FN4O2/c1-2-6-21(29)28-12-10-20-18(15-28)23(30)26-22(25-20)17-8-5-11-27(14-17)13-16-7-3-4-9-19(16)24/h3-4,7,9,17H,2,5-6,8,10-15H2,1H3,(H,25,26,30). The highest BCUT2D eigenvalue weighted by Crippen LogP contribution is 2.26. The minimum atomic E-state index is -0.179. The van der Waals surface area contributed by atoms with Crippen LogP contribution in [0.5, 0.6) is 0 Å². The second-order valence-electron chi connectivity index (χ2n) is 8.36. The Morgan fingerprint density at radius 2 is 2.13 bits per heavy atom. The highest BCUT2D eigenvalue weighted by Gasteiger charge is 2.28. The number of fused-ring (bicyclic) bond motifs is 1. The molecule has 1 amide bonds. The molecule has 3 heterocycles. The average Bonchev–Trinajstić information content (AvgIpc) is 2.75. The molecule has 0 spiro atoms. The molecular weight excluding hydrogens is 383 g/mol. The number of nitrogens with one attached hydrogen (secondary N) is 1. The van der Waals surface area contributed by atoms with Crippen LogP contribution in [0.4, 0.5) is 4.39 Å². The minimum Gasteiger partial charge on any atom is -0.338 e. The molecule has 1 fully saturated rings. The molecule has 1 aromatic carbocycles. The molecular formula is C23H29FN4O2. The van der Waals surface area contributed by atoms with Crippen LogP contribution in [0.2, 0.25) is 0 Å². The Bertz CT molecular complexity index is 974. The summed E-state index contributed by atoms with van der Waals surface area (Å²) in [6.45, 7) is 5.17. The third-order valence-corrected chi connectivity index (χ3v) is 6.15. The molecule has 2 aromatic rings. The molecule has 1 unspecified atom stereocenters. The van der Waals surface area contributed by atoms with Crippen molar-refractivity contribution < 1.29 is 9.18 Å². The number of carbonyl (C=O) groups excluding carboxylic acids is 1. The van der Waals surface area contributed by atoms with Gasteiger partial charge in [-0.2, -0.15) is 0 Å². The predicted octanol–water partition coefficient (Wildman–Crippen LogP) is 2.97. The molecule has 0 bridgehead atoms. The molecule has 1 N–H and O–H groups in total. The van der Waals surface area contributed by atoms with Crippen LogP contribution in [0.25, 0.3) is 0 Å². The molecule has 2 aliphatic rings. The monoisotopic (exact) mass is 412 g/mol. The van der Waals surface area contributed by atoms with Gasteiger partial charge >= 0.3 is 0 Å². The van der Waals surface area contributed by atoms with Gasteiger partial charge in [0.15, 0.2) is 0 Å². The maximum absolute atomic E-state index is 14.0. The topological polar surface area (TPSA) is 69.3 Å². The fourth-order valence-corrected chi connectivity index (χ4v) is 4.51. The van der Waals surface area contributed by atoms with Crippen LogP contribution in [0, 0.1) is 5.82 Å². The van der Waals surface area contributed by atoms with Gasteiger partial charge in [0.05, 0.1) is 17.8 Å². The third-order valence-electron chi connectivity index (χ3n) is 6.15. The number of carbonyl (C=O) groups is 1. The lowest BCUT2D eigenvalue weighted by atomic mass is 9.96.